The number of hydrogen-bond acceptors (Lipinski definition) is 0. The molecular formula is C25H31F3. The summed E-state index contributed by atoms with van der Waals surface area (Å²) in [6, 6.07) is 11.6. The van der Waals surface area contributed by atoms with Crippen LogP contribution in [0.2, 0.25) is 0 Å². The summed E-state index contributed by atoms with van der Waals surface area (Å²) in [6.07, 6.45) is 7.00. The van der Waals surface area contributed by atoms with Crippen molar-refractivity contribution in [2.24, 2.45) is 5.92 Å². The largest absolute Gasteiger partial charge is 0.273 e. The highest BCUT2D eigenvalue weighted by atomic mass is 19.3. The molecular weight excluding hydrogens is 357 g/mol. The van der Waals surface area contributed by atoms with Gasteiger partial charge in [0.15, 0.2) is 0 Å². The van der Waals surface area contributed by atoms with Gasteiger partial charge in [-0.15, -0.1) is 0 Å². The first kappa shape index (κ1) is 21.0. The minimum atomic E-state index is -2.83. The van der Waals surface area contributed by atoms with E-state index in [2.05, 4.69) is 6.92 Å². The molecule has 1 aliphatic carbocycles. The third-order valence-electron chi connectivity index (χ3n) is 6.35. The van der Waals surface area contributed by atoms with Crippen molar-refractivity contribution < 1.29 is 13.2 Å². The second-order valence-electron chi connectivity index (χ2n) is 8.25. The van der Waals surface area contributed by atoms with Crippen molar-refractivity contribution in [2.75, 3.05) is 0 Å². The van der Waals surface area contributed by atoms with Gasteiger partial charge in [0, 0.05) is 17.5 Å². The molecule has 0 atom stereocenters. The van der Waals surface area contributed by atoms with Crippen LogP contribution in [-0.4, -0.2) is 0 Å². The van der Waals surface area contributed by atoms with Gasteiger partial charge < -0.3 is 0 Å². The Hall–Kier alpha value is -1.77. The van der Waals surface area contributed by atoms with Gasteiger partial charge in [0.1, 0.15) is 5.82 Å². The molecule has 0 heterocycles. The number of hydrogen-bond donors (Lipinski definition) is 0. The Bertz CT molecular complexity index is 756. The summed E-state index contributed by atoms with van der Waals surface area (Å²) in [5.41, 5.74) is 2.20. The SMILES string of the molecule is CCCCC(F)(F)c1ccc(-c2ccc([C@H]3CC[C@H](CC)CC3)cc2F)cc1. The summed E-state index contributed by atoms with van der Waals surface area (Å²) < 4.78 is 43.2. The lowest BCUT2D eigenvalue weighted by Gasteiger charge is -2.28. The Morgan fingerprint density at radius 3 is 2.18 bits per heavy atom. The van der Waals surface area contributed by atoms with Crippen molar-refractivity contribution in [3.05, 3.63) is 59.4 Å². The van der Waals surface area contributed by atoms with Crippen LogP contribution in [0.15, 0.2) is 42.5 Å². The average molecular weight is 389 g/mol. The van der Waals surface area contributed by atoms with Crippen LogP contribution < -0.4 is 0 Å². The number of halogens is 3. The third kappa shape index (κ3) is 4.79. The highest BCUT2D eigenvalue weighted by molar-refractivity contribution is 5.65. The van der Waals surface area contributed by atoms with E-state index in [1.54, 1.807) is 24.3 Å². The van der Waals surface area contributed by atoms with Gasteiger partial charge in [-0.3, -0.25) is 0 Å². The fraction of sp³-hybridized carbons (Fsp3) is 0.520. The van der Waals surface area contributed by atoms with Gasteiger partial charge in [0.2, 0.25) is 0 Å². The van der Waals surface area contributed by atoms with Crippen LogP contribution >= 0.6 is 0 Å². The molecule has 1 fully saturated rings. The molecule has 0 N–H and O–H groups in total. The molecule has 0 radical (unpaired) electrons. The normalized spacial score (nSPS) is 20.3. The number of unbranched alkanes of at least 4 members (excludes halogenated alkanes) is 1. The molecule has 3 heteroatoms. The summed E-state index contributed by atoms with van der Waals surface area (Å²) in [5.74, 6) is -1.84. The van der Waals surface area contributed by atoms with Crippen LogP contribution in [-0.2, 0) is 5.92 Å². The summed E-state index contributed by atoms with van der Waals surface area (Å²) >= 11 is 0. The van der Waals surface area contributed by atoms with E-state index in [9.17, 15) is 13.2 Å². The fourth-order valence-corrected chi connectivity index (χ4v) is 4.36. The maximum absolute atomic E-state index is 14.8. The molecule has 2 aromatic rings. The zero-order chi connectivity index (χ0) is 20.1. The highest BCUT2D eigenvalue weighted by Gasteiger charge is 2.30. The molecule has 1 saturated carbocycles. The van der Waals surface area contributed by atoms with Crippen molar-refractivity contribution >= 4 is 0 Å². The third-order valence-corrected chi connectivity index (χ3v) is 6.35. The van der Waals surface area contributed by atoms with Gasteiger partial charge >= 0.3 is 0 Å². The standard InChI is InChI=1S/C25H31F3/c1-3-5-16-25(27,28)22-13-10-20(11-14-22)23-15-12-21(17-24(23)26)19-8-6-18(4-2)7-9-19/h10-15,17-19H,3-9,16H2,1-2H3/t18-,19-. The van der Waals surface area contributed by atoms with E-state index < -0.39 is 5.92 Å². The minimum absolute atomic E-state index is 0.00872. The lowest BCUT2D eigenvalue weighted by molar-refractivity contribution is -0.0154. The zero-order valence-corrected chi connectivity index (χ0v) is 17.0. The predicted molar refractivity (Wildman–Crippen MR) is 110 cm³/mol. The smallest absolute Gasteiger partial charge is 0.206 e. The lowest BCUT2D eigenvalue weighted by atomic mass is 9.77. The molecule has 152 valence electrons. The molecule has 0 saturated heterocycles. The molecule has 0 amide bonds. The first-order valence-corrected chi connectivity index (χ1v) is 10.7. The van der Waals surface area contributed by atoms with Crippen molar-refractivity contribution in [2.45, 2.75) is 77.1 Å². The van der Waals surface area contributed by atoms with E-state index in [-0.39, 0.29) is 17.8 Å². The van der Waals surface area contributed by atoms with E-state index in [0.717, 1.165) is 30.7 Å². The summed E-state index contributed by atoms with van der Waals surface area (Å²) in [5, 5.41) is 0. The Morgan fingerprint density at radius 2 is 1.61 bits per heavy atom. The van der Waals surface area contributed by atoms with Crippen LogP contribution in [0.1, 0.15) is 82.3 Å². The summed E-state index contributed by atoms with van der Waals surface area (Å²) in [7, 11) is 0. The molecule has 3 rings (SSSR count). The molecule has 28 heavy (non-hydrogen) atoms. The number of rotatable bonds is 7. The van der Waals surface area contributed by atoms with Gasteiger partial charge in [-0.2, -0.15) is 0 Å². The fourth-order valence-electron chi connectivity index (χ4n) is 4.36. The monoisotopic (exact) mass is 388 g/mol. The zero-order valence-electron chi connectivity index (χ0n) is 17.0. The molecule has 0 aliphatic heterocycles. The second kappa shape index (κ2) is 9.15. The Labute approximate surface area is 167 Å². The van der Waals surface area contributed by atoms with Gasteiger partial charge in [-0.05, 0) is 61.1 Å². The molecule has 0 unspecified atom stereocenters. The maximum atomic E-state index is 14.8. The van der Waals surface area contributed by atoms with E-state index in [4.69, 9.17) is 0 Å². The molecule has 0 bridgehead atoms. The lowest BCUT2D eigenvalue weighted by Crippen LogP contribution is -2.13. The van der Waals surface area contributed by atoms with Crippen molar-refractivity contribution in [1.82, 2.24) is 0 Å². The van der Waals surface area contributed by atoms with Crippen molar-refractivity contribution in [3.8, 4) is 11.1 Å². The van der Waals surface area contributed by atoms with Crippen LogP contribution in [0.5, 0.6) is 0 Å². The molecule has 1 aliphatic rings. The maximum Gasteiger partial charge on any atom is 0.273 e. The molecule has 0 nitrogen and oxygen atoms in total. The van der Waals surface area contributed by atoms with E-state index >= 15 is 0 Å². The average Bonchev–Trinajstić information content (AvgIpc) is 2.72. The highest BCUT2D eigenvalue weighted by Crippen LogP contribution is 2.39. The van der Waals surface area contributed by atoms with E-state index in [0.29, 0.717) is 23.5 Å². The van der Waals surface area contributed by atoms with Crippen LogP contribution in [0.3, 0.4) is 0 Å². The number of alkyl halides is 2. The second-order valence-corrected chi connectivity index (χ2v) is 8.25. The Kier molecular flexibility index (Phi) is 6.85. The van der Waals surface area contributed by atoms with Crippen LogP contribution in [0, 0.1) is 11.7 Å². The van der Waals surface area contributed by atoms with E-state index in [1.807, 2.05) is 13.0 Å². The Balaban J connectivity index is 1.74. The van der Waals surface area contributed by atoms with Crippen molar-refractivity contribution in [1.29, 1.82) is 0 Å². The van der Waals surface area contributed by atoms with Gasteiger partial charge in [-0.1, -0.05) is 63.1 Å². The summed E-state index contributed by atoms with van der Waals surface area (Å²) in [4.78, 5) is 0. The van der Waals surface area contributed by atoms with Gasteiger partial charge in [0.05, 0.1) is 0 Å². The van der Waals surface area contributed by atoms with Gasteiger partial charge in [0.25, 0.3) is 5.92 Å². The van der Waals surface area contributed by atoms with Gasteiger partial charge in [-0.25, -0.2) is 13.2 Å². The van der Waals surface area contributed by atoms with Crippen LogP contribution in [0.25, 0.3) is 11.1 Å². The molecule has 0 aromatic heterocycles. The quantitative estimate of drug-likeness (QED) is 0.446. The minimum Gasteiger partial charge on any atom is -0.206 e. The molecule has 0 spiro atoms. The predicted octanol–water partition coefficient (Wildman–Crippen LogP) is 8.46. The van der Waals surface area contributed by atoms with E-state index in [1.165, 1.54) is 31.4 Å². The molecule has 2 aromatic carbocycles. The number of benzene rings is 2. The first-order valence-electron chi connectivity index (χ1n) is 10.7. The topological polar surface area (TPSA) is 0 Å². The van der Waals surface area contributed by atoms with Crippen molar-refractivity contribution in [3.63, 3.8) is 0 Å². The Morgan fingerprint density at radius 1 is 0.929 bits per heavy atom. The summed E-state index contributed by atoms with van der Waals surface area (Å²) in [6.45, 7) is 4.14. The van der Waals surface area contributed by atoms with Crippen LogP contribution in [0.4, 0.5) is 13.2 Å². The first-order chi connectivity index (χ1) is 13.4.